The molecule has 0 N–H and O–H groups in total. The first-order chi connectivity index (χ1) is 9.72. The maximum absolute atomic E-state index is 11.7. The van der Waals surface area contributed by atoms with Crippen LogP contribution in [0.2, 0.25) is 0 Å². The van der Waals surface area contributed by atoms with E-state index >= 15 is 0 Å². The topological polar surface area (TPSA) is 44.8 Å². The Labute approximate surface area is 121 Å². The Morgan fingerprint density at radius 3 is 2.90 bits per heavy atom. The third kappa shape index (κ3) is 4.06. The minimum atomic E-state index is -0.260. The van der Waals surface area contributed by atoms with E-state index in [0.717, 1.165) is 38.7 Å². The van der Waals surface area contributed by atoms with Gasteiger partial charge in [-0.2, -0.15) is 0 Å². The third-order valence-electron chi connectivity index (χ3n) is 4.11. The zero-order valence-corrected chi connectivity index (χ0v) is 12.4. The van der Waals surface area contributed by atoms with Crippen LogP contribution in [0, 0.1) is 5.92 Å². The van der Waals surface area contributed by atoms with Crippen LogP contribution in [0.15, 0.2) is 12.2 Å². The van der Waals surface area contributed by atoms with Gasteiger partial charge in [-0.15, -0.1) is 0 Å². The summed E-state index contributed by atoms with van der Waals surface area (Å²) in [5.41, 5.74) is 0.558. The molecule has 2 aliphatic heterocycles. The fraction of sp³-hybridized carbons (Fsp3) is 0.812. The highest BCUT2D eigenvalue weighted by molar-refractivity contribution is 5.90. The molecule has 0 aromatic carbocycles. The highest BCUT2D eigenvalue weighted by Crippen LogP contribution is 2.31. The van der Waals surface area contributed by atoms with Crippen LogP contribution in [0.1, 0.15) is 51.9 Å². The molecule has 4 nitrogen and oxygen atoms in total. The normalized spacial score (nSPS) is 30.6. The molecule has 20 heavy (non-hydrogen) atoms. The van der Waals surface area contributed by atoms with Gasteiger partial charge in [-0.25, -0.2) is 4.79 Å². The molecule has 0 bridgehead atoms. The van der Waals surface area contributed by atoms with Crippen molar-refractivity contribution in [3.63, 3.8) is 0 Å². The van der Waals surface area contributed by atoms with E-state index in [-0.39, 0.29) is 24.3 Å². The standard InChI is InChI=1S/C16H26O4/c1-3-4-5-8-14-13(12(2)16(17)20-14)11-19-15-9-6-7-10-18-15/h13-15H,2-11H2,1H3. The molecule has 2 heterocycles. The lowest BCUT2D eigenvalue weighted by molar-refractivity contribution is -0.170. The number of hydrogen-bond donors (Lipinski definition) is 0. The van der Waals surface area contributed by atoms with Crippen molar-refractivity contribution in [2.45, 2.75) is 64.3 Å². The van der Waals surface area contributed by atoms with Crippen molar-refractivity contribution in [2.24, 2.45) is 5.92 Å². The van der Waals surface area contributed by atoms with Crippen LogP contribution in [0.25, 0.3) is 0 Å². The first-order valence-corrected chi connectivity index (χ1v) is 7.85. The summed E-state index contributed by atoms with van der Waals surface area (Å²) in [6, 6.07) is 0. The van der Waals surface area contributed by atoms with Crippen molar-refractivity contribution < 1.29 is 19.0 Å². The zero-order valence-electron chi connectivity index (χ0n) is 12.4. The van der Waals surface area contributed by atoms with Gasteiger partial charge in [-0.3, -0.25) is 0 Å². The van der Waals surface area contributed by atoms with Crippen molar-refractivity contribution in [2.75, 3.05) is 13.2 Å². The Morgan fingerprint density at radius 2 is 2.20 bits per heavy atom. The number of rotatable bonds is 7. The molecule has 3 atom stereocenters. The minimum Gasteiger partial charge on any atom is -0.458 e. The maximum Gasteiger partial charge on any atom is 0.334 e. The molecule has 0 radical (unpaired) electrons. The SMILES string of the molecule is C=C1C(=O)OC(CCCCC)C1COC1CCCCO1. The van der Waals surface area contributed by atoms with Crippen molar-refractivity contribution in [3.05, 3.63) is 12.2 Å². The molecule has 114 valence electrons. The van der Waals surface area contributed by atoms with Crippen molar-refractivity contribution in [3.8, 4) is 0 Å². The van der Waals surface area contributed by atoms with Gasteiger partial charge in [0.1, 0.15) is 6.10 Å². The highest BCUT2D eigenvalue weighted by atomic mass is 16.7. The summed E-state index contributed by atoms with van der Waals surface area (Å²) in [4.78, 5) is 11.7. The van der Waals surface area contributed by atoms with E-state index in [9.17, 15) is 4.79 Å². The Bertz CT molecular complexity index is 333. The number of unbranched alkanes of at least 4 members (excludes halogenated alkanes) is 2. The second-order valence-corrected chi connectivity index (χ2v) is 5.70. The Balaban J connectivity index is 1.81. The van der Waals surface area contributed by atoms with Crippen molar-refractivity contribution in [1.82, 2.24) is 0 Å². The minimum absolute atomic E-state index is 0.00937. The molecule has 0 saturated carbocycles. The predicted molar refractivity (Wildman–Crippen MR) is 76.2 cm³/mol. The number of carbonyl (C=O) groups excluding carboxylic acids is 1. The summed E-state index contributed by atoms with van der Waals surface area (Å²) in [6.45, 7) is 7.28. The molecular formula is C16H26O4. The van der Waals surface area contributed by atoms with Crippen LogP contribution >= 0.6 is 0 Å². The molecule has 3 unspecified atom stereocenters. The lowest BCUT2D eigenvalue weighted by Crippen LogP contribution is -2.28. The summed E-state index contributed by atoms with van der Waals surface area (Å²) in [5, 5.41) is 0. The second-order valence-electron chi connectivity index (χ2n) is 5.70. The molecule has 2 rings (SSSR count). The summed E-state index contributed by atoms with van der Waals surface area (Å²) in [6.07, 6.45) is 7.32. The summed E-state index contributed by atoms with van der Waals surface area (Å²) >= 11 is 0. The quantitative estimate of drug-likeness (QED) is 0.408. The van der Waals surface area contributed by atoms with Crippen molar-refractivity contribution >= 4 is 5.97 Å². The molecule has 2 fully saturated rings. The number of ether oxygens (including phenoxy) is 3. The van der Waals surface area contributed by atoms with Crippen LogP contribution in [0.3, 0.4) is 0 Å². The number of hydrogen-bond acceptors (Lipinski definition) is 4. The second kappa shape index (κ2) is 7.79. The molecular weight excluding hydrogens is 256 g/mol. The van der Waals surface area contributed by atoms with Crippen molar-refractivity contribution in [1.29, 1.82) is 0 Å². The molecule has 0 aliphatic carbocycles. The van der Waals surface area contributed by atoms with Gasteiger partial charge in [0.25, 0.3) is 0 Å². The number of carbonyl (C=O) groups is 1. The van der Waals surface area contributed by atoms with Gasteiger partial charge < -0.3 is 14.2 Å². The molecule has 0 amide bonds. The largest absolute Gasteiger partial charge is 0.458 e. The van der Waals surface area contributed by atoms with Gasteiger partial charge in [0, 0.05) is 12.2 Å². The van der Waals surface area contributed by atoms with Gasteiger partial charge in [-0.1, -0.05) is 26.3 Å². The molecule has 0 spiro atoms. The van der Waals surface area contributed by atoms with Gasteiger partial charge >= 0.3 is 5.97 Å². The maximum atomic E-state index is 11.7. The van der Waals surface area contributed by atoms with Gasteiger partial charge in [0.15, 0.2) is 6.29 Å². The number of cyclic esters (lactones) is 1. The van der Waals surface area contributed by atoms with E-state index < -0.39 is 0 Å². The molecule has 4 heteroatoms. The van der Waals surface area contributed by atoms with E-state index in [2.05, 4.69) is 13.5 Å². The van der Waals surface area contributed by atoms with Crippen LogP contribution in [0.4, 0.5) is 0 Å². The molecule has 0 aromatic rings. The predicted octanol–water partition coefficient (Wildman–Crippen LogP) is 3.21. The van der Waals surface area contributed by atoms with Crippen LogP contribution in [0.5, 0.6) is 0 Å². The van der Waals surface area contributed by atoms with E-state index in [0.29, 0.717) is 12.2 Å². The molecule has 2 aliphatic rings. The van der Waals surface area contributed by atoms with E-state index in [1.807, 2.05) is 0 Å². The smallest absolute Gasteiger partial charge is 0.334 e. The number of esters is 1. The Morgan fingerprint density at radius 1 is 1.35 bits per heavy atom. The summed E-state index contributed by atoms with van der Waals surface area (Å²) < 4.78 is 16.8. The van der Waals surface area contributed by atoms with Crippen LogP contribution in [-0.4, -0.2) is 31.6 Å². The van der Waals surface area contributed by atoms with E-state index in [1.165, 1.54) is 12.8 Å². The molecule has 2 saturated heterocycles. The monoisotopic (exact) mass is 282 g/mol. The first-order valence-electron chi connectivity index (χ1n) is 7.85. The van der Waals surface area contributed by atoms with Gasteiger partial charge in [-0.05, 0) is 32.1 Å². The summed E-state index contributed by atoms with van der Waals surface area (Å²) in [5.74, 6) is -0.269. The average molecular weight is 282 g/mol. The Hall–Kier alpha value is -0.870. The molecule has 0 aromatic heterocycles. The summed E-state index contributed by atoms with van der Waals surface area (Å²) in [7, 11) is 0. The zero-order chi connectivity index (χ0) is 14.4. The lowest BCUT2D eigenvalue weighted by Gasteiger charge is -2.25. The lowest BCUT2D eigenvalue weighted by atomic mass is 9.94. The van der Waals surface area contributed by atoms with Gasteiger partial charge in [0.05, 0.1) is 12.5 Å². The highest BCUT2D eigenvalue weighted by Gasteiger charge is 2.38. The first kappa shape index (κ1) is 15.5. The van der Waals surface area contributed by atoms with Crippen LogP contribution in [-0.2, 0) is 19.0 Å². The fourth-order valence-electron chi connectivity index (χ4n) is 2.79. The van der Waals surface area contributed by atoms with E-state index in [4.69, 9.17) is 14.2 Å². The van der Waals surface area contributed by atoms with Gasteiger partial charge in [0.2, 0.25) is 0 Å². The van der Waals surface area contributed by atoms with E-state index in [1.54, 1.807) is 0 Å². The van der Waals surface area contributed by atoms with Crippen LogP contribution < -0.4 is 0 Å². The fourth-order valence-corrected chi connectivity index (χ4v) is 2.79. The Kier molecular flexibility index (Phi) is 6.05. The average Bonchev–Trinajstić information content (AvgIpc) is 2.73. The third-order valence-corrected chi connectivity index (χ3v) is 4.11.